The predicted molar refractivity (Wildman–Crippen MR) is 78.4 cm³/mol. The standard InChI is InChI=1S/C15H16F3N3O2/c1-9(2)13-12(8-21(3)20-13)14(22)19-10-4-6-11(7-5-10)23-15(16,17)18/h4-9H,1-3H3,(H,19,22). The largest absolute Gasteiger partial charge is 0.573 e. The number of aromatic nitrogens is 2. The zero-order valence-corrected chi connectivity index (χ0v) is 12.8. The van der Waals surface area contributed by atoms with Crippen LogP contribution in [0.25, 0.3) is 0 Å². The van der Waals surface area contributed by atoms with Gasteiger partial charge in [-0.05, 0) is 30.2 Å². The van der Waals surface area contributed by atoms with Gasteiger partial charge < -0.3 is 10.1 Å². The number of alkyl halides is 3. The van der Waals surface area contributed by atoms with Crippen molar-refractivity contribution in [3.05, 3.63) is 41.7 Å². The van der Waals surface area contributed by atoms with Gasteiger partial charge in [-0.3, -0.25) is 9.48 Å². The van der Waals surface area contributed by atoms with E-state index in [1.54, 1.807) is 17.9 Å². The summed E-state index contributed by atoms with van der Waals surface area (Å²) in [6.07, 6.45) is -3.14. The van der Waals surface area contributed by atoms with Crippen LogP contribution in [0.1, 0.15) is 35.8 Å². The number of halogens is 3. The van der Waals surface area contributed by atoms with Crippen LogP contribution in [0.4, 0.5) is 18.9 Å². The van der Waals surface area contributed by atoms with Crippen LogP contribution in [0, 0.1) is 0 Å². The van der Waals surface area contributed by atoms with E-state index in [1.807, 2.05) is 13.8 Å². The number of amides is 1. The molecule has 0 aliphatic carbocycles. The Bertz CT molecular complexity index is 691. The minimum atomic E-state index is -4.74. The van der Waals surface area contributed by atoms with E-state index in [-0.39, 0.29) is 17.6 Å². The number of benzene rings is 1. The molecule has 1 heterocycles. The van der Waals surface area contributed by atoms with Crippen molar-refractivity contribution < 1.29 is 22.7 Å². The van der Waals surface area contributed by atoms with Gasteiger partial charge in [0.2, 0.25) is 0 Å². The zero-order chi connectivity index (χ0) is 17.2. The first-order chi connectivity index (χ1) is 10.7. The van der Waals surface area contributed by atoms with Gasteiger partial charge in [-0.1, -0.05) is 13.8 Å². The van der Waals surface area contributed by atoms with E-state index in [9.17, 15) is 18.0 Å². The molecular weight excluding hydrogens is 311 g/mol. The Morgan fingerprint density at radius 3 is 2.39 bits per heavy atom. The molecule has 0 fully saturated rings. The van der Waals surface area contributed by atoms with Crippen molar-refractivity contribution in [2.45, 2.75) is 26.1 Å². The molecule has 0 spiro atoms. The summed E-state index contributed by atoms with van der Waals surface area (Å²) < 4.78 is 41.6. The number of nitrogens with zero attached hydrogens (tertiary/aromatic N) is 2. The first-order valence-corrected chi connectivity index (χ1v) is 6.86. The van der Waals surface area contributed by atoms with Crippen LogP contribution in [0.15, 0.2) is 30.5 Å². The maximum atomic E-state index is 12.3. The van der Waals surface area contributed by atoms with Crippen LogP contribution < -0.4 is 10.1 Å². The summed E-state index contributed by atoms with van der Waals surface area (Å²) in [4.78, 5) is 12.3. The number of carbonyl (C=O) groups is 1. The maximum Gasteiger partial charge on any atom is 0.573 e. The lowest BCUT2D eigenvalue weighted by Gasteiger charge is -2.10. The normalized spacial score (nSPS) is 11.6. The second-order valence-corrected chi connectivity index (χ2v) is 5.28. The number of carbonyl (C=O) groups excluding carboxylic acids is 1. The lowest BCUT2D eigenvalue weighted by molar-refractivity contribution is -0.274. The topological polar surface area (TPSA) is 56.2 Å². The fourth-order valence-electron chi connectivity index (χ4n) is 2.05. The van der Waals surface area contributed by atoms with Gasteiger partial charge in [-0.15, -0.1) is 13.2 Å². The van der Waals surface area contributed by atoms with Crippen molar-refractivity contribution in [1.29, 1.82) is 0 Å². The highest BCUT2D eigenvalue weighted by molar-refractivity contribution is 6.05. The number of hydrogen-bond donors (Lipinski definition) is 1. The molecule has 0 saturated carbocycles. The molecule has 0 atom stereocenters. The van der Waals surface area contributed by atoms with Crippen molar-refractivity contribution in [2.24, 2.45) is 7.05 Å². The summed E-state index contributed by atoms with van der Waals surface area (Å²) in [6, 6.07) is 4.94. The minimum absolute atomic E-state index is 0.0690. The Hall–Kier alpha value is -2.51. The van der Waals surface area contributed by atoms with E-state index in [2.05, 4.69) is 15.2 Å². The molecule has 124 valence electrons. The molecule has 0 radical (unpaired) electrons. The molecule has 0 bridgehead atoms. The second-order valence-electron chi connectivity index (χ2n) is 5.28. The molecule has 1 amide bonds. The Balaban J connectivity index is 2.12. The molecule has 1 aromatic carbocycles. The molecule has 1 N–H and O–H groups in total. The van der Waals surface area contributed by atoms with Gasteiger partial charge in [0, 0.05) is 18.9 Å². The van der Waals surface area contributed by atoms with Gasteiger partial charge in [0.25, 0.3) is 5.91 Å². The highest BCUT2D eigenvalue weighted by atomic mass is 19.4. The maximum absolute atomic E-state index is 12.3. The number of anilines is 1. The van der Waals surface area contributed by atoms with Gasteiger partial charge in [0.15, 0.2) is 0 Å². The zero-order valence-electron chi connectivity index (χ0n) is 12.8. The quantitative estimate of drug-likeness (QED) is 0.932. The summed E-state index contributed by atoms with van der Waals surface area (Å²) in [6.45, 7) is 3.84. The minimum Gasteiger partial charge on any atom is -0.406 e. The number of ether oxygens (including phenoxy) is 1. The van der Waals surface area contributed by atoms with Crippen LogP contribution in [0.2, 0.25) is 0 Å². The van der Waals surface area contributed by atoms with Gasteiger partial charge in [0.05, 0.1) is 11.3 Å². The second kappa shape index (κ2) is 6.31. The molecule has 0 aliphatic rings. The van der Waals surface area contributed by atoms with Crippen LogP contribution in [-0.4, -0.2) is 22.1 Å². The molecule has 1 aromatic heterocycles. The molecule has 0 saturated heterocycles. The fourth-order valence-corrected chi connectivity index (χ4v) is 2.05. The Morgan fingerprint density at radius 2 is 1.87 bits per heavy atom. The summed E-state index contributed by atoms with van der Waals surface area (Å²) in [5.41, 5.74) is 1.45. The van der Waals surface area contributed by atoms with E-state index in [0.29, 0.717) is 16.9 Å². The molecule has 8 heteroatoms. The Morgan fingerprint density at radius 1 is 1.26 bits per heavy atom. The van der Waals surface area contributed by atoms with E-state index < -0.39 is 6.36 Å². The number of nitrogens with one attached hydrogen (secondary N) is 1. The molecule has 23 heavy (non-hydrogen) atoms. The van der Waals surface area contributed by atoms with Gasteiger partial charge >= 0.3 is 6.36 Å². The van der Waals surface area contributed by atoms with Crippen molar-refractivity contribution in [2.75, 3.05) is 5.32 Å². The smallest absolute Gasteiger partial charge is 0.406 e. The number of aryl methyl sites for hydroxylation is 1. The van der Waals surface area contributed by atoms with Crippen molar-refractivity contribution in [1.82, 2.24) is 9.78 Å². The molecular formula is C15H16F3N3O2. The van der Waals surface area contributed by atoms with Crippen molar-refractivity contribution in [3.63, 3.8) is 0 Å². The summed E-state index contributed by atoms with van der Waals surface area (Å²) in [5, 5.41) is 6.87. The first-order valence-electron chi connectivity index (χ1n) is 6.86. The SMILES string of the molecule is CC(C)c1nn(C)cc1C(=O)Nc1ccc(OC(F)(F)F)cc1. The van der Waals surface area contributed by atoms with Crippen LogP contribution >= 0.6 is 0 Å². The fraction of sp³-hybridized carbons (Fsp3) is 0.333. The third-order valence-electron chi connectivity index (χ3n) is 2.99. The van der Waals surface area contributed by atoms with Crippen LogP contribution in [0.3, 0.4) is 0 Å². The molecule has 0 unspecified atom stereocenters. The van der Waals surface area contributed by atoms with Gasteiger partial charge in [-0.2, -0.15) is 5.10 Å². The lowest BCUT2D eigenvalue weighted by Crippen LogP contribution is -2.17. The number of rotatable bonds is 4. The summed E-state index contributed by atoms with van der Waals surface area (Å²) in [7, 11) is 1.71. The highest BCUT2D eigenvalue weighted by Gasteiger charge is 2.31. The average Bonchev–Trinajstić information content (AvgIpc) is 2.82. The lowest BCUT2D eigenvalue weighted by atomic mass is 10.1. The molecule has 5 nitrogen and oxygen atoms in total. The van der Waals surface area contributed by atoms with Crippen LogP contribution in [-0.2, 0) is 7.05 Å². The van der Waals surface area contributed by atoms with Gasteiger partial charge in [0.1, 0.15) is 5.75 Å². The average molecular weight is 327 g/mol. The summed E-state index contributed by atoms with van der Waals surface area (Å²) >= 11 is 0. The summed E-state index contributed by atoms with van der Waals surface area (Å²) in [5.74, 6) is -0.648. The molecule has 2 rings (SSSR count). The van der Waals surface area contributed by atoms with Crippen molar-refractivity contribution >= 4 is 11.6 Å². The first kappa shape index (κ1) is 16.9. The Labute approximate surface area is 131 Å². The van der Waals surface area contributed by atoms with E-state index in [4.69, 9.17) is 0 Å². The van der Waals surface area contributed by atoms with E-state index in [0.717, 1.165) is 12.1 Å². The van der Waals surface area contributed by atoms with E-state index in [1.165, 1.54) is 12.1 Å². The van der Waals surface area contributed by atoms with E-state index >= 15 is 0 Å². The molecule has 2 aromatic rings. The van der Waals surface area contributed by atoms with Crippen molar-refractivity contribution in [3.8, 4) is 5.75 Å². The third-order valence-corrected chi connectivity index (χ3v) is 2.99. The van der Waals surface area contributed by atoms with Gasteiger partial charge in [-0.25, -0.2) is 0 Å². The molecule has 0 aliphatic heterocycles. The Kier molecular flexibility index (Phi) is 4.63. The van der Waals surface area contributed by atoms with Crippen LogP contribution in [0.5, 0.6) is 5.75 Å². The monoisotopic (exact) mass is 327 g/mol. The number of hydrogen-bond acceptors (Lipinski definition) is 3. The third kappa shape index (κ3) is 4.48. The highest BCUT2D eigenvalue weighted by Crippen LogP contribution is 2.24. The predicted octanol–water partition coefficient (Wildman–Crippen LogP) is 3.69.